The molecule has 0 N–H and O–H groups in total. The molecule has 0 amide bonds. The summed E-state index contributed by atoms with van der Waals surface area (Å²) >= 11 is 3.51. The standard InChI is InChI=1S/C14H13Br/c1-2-11-10-13(15)8-9-14(11)12-6-4-3-5-7-12/h3-10H,2H2,1H3. The van der Waals surface area contributed by atoms with E-state index in [2.05, 4.69) is 65.3 Å². The Balaban J connectivity index is 2.53. The third-order valence-electron chi connectivity index (χ3n) is 2.53. The van der Waals surface area contributed by atoms with E-state index in [1.54, 1.807) is 0 Å². The lowest BCUT2D eigenvalue weighted by Crippen LogP contribution is -1.87. The Hall–Kier alpha value is -1.08. The molecule has 15 heavy (non-hydrogen) atoms. The van der Waals surface area contributed by atoms with Gasteiger partial charge in [0.25, 0.3) is 0 Å². The first-order valence-electron chi connectivity index (χ1n) is 5.15. The van der Waals surface area contributed by atoms with Gasteiger partial charge in [0, 0.05) is 4.47 Å². The molecule has 2 aromatic rings. The highest BCUT2D eigenvalue weighted by Gasteiger charge is 2.03. The van der Waals surface area contributed by atoms with Crippen molar-refractivity contribution >= 4 is 15.9 Å². The second-order valence-corrected chi connectivity index (χ2v) is 4.44. The fourth-order valence-corrected chi connectivity index (χ4v) is 2.16. The van der Waals surface area contributed by atoms with Crippen LogP contribution < -0.4 is 0 Å². The molecule has 0 saturated carbocycles. The highest BCUT2D eigenvalue weighted by molar-refractivity contribution is 9.10. The molecule has 0 aromatic heterocycles. The molecule has 0 fully saturated rings. The summed E-state index contributed by atoms with van der Waals surface area (Å²) in [4.78, 5) is 0. The normalized spacial score (nSPS) is 10.3. The average Bonchev–Trinajstić information content (AvgIpc) is 2.30. The first-order chi connectivity index (χ1) is 7.31. The van der Waals surface area contributed by atoms with Gasteiger partial charge in [0.15, 0.2) is 0 Å². The molecule has 0 saturated heterocycles. The fraction of sp³-hybridized carbons (Fsp3) is 0.143. The van der Waals surface area contributed by atoms with Crippen LogP contribution in [-0.4, -0.2) is 0 Å². The Morgan fingerprint density at radius 3 is 2.40 bits per heavy atom. The van der Waals surface area contributed by atoms with Crippen molar-refractivity contribution in [3.63, 3.8) is 0 Å². The summed E-state index contributed by atoms with van der Waals surface area (Å²) < 4.78 is 1.15. The molecule has 0 aliphatic heterocycles. The van der Waals surface area contributed by atoms with Crippen LogP contribution in [0.4, 0.5) is 0 Å². The van der Waals surface area contributed by atoms with Gasteiger partial charge in [-0.15, -0.1) is 0 Å². The Bertz CT molecular complexity index is 446. The summed E-state index contributed by atoms with van der Waals surface area (Å²) in [7, 11) is 0. The number of aryl methyl sites for hydroxylation is 1. The van der Waals surface area contributed by atoms with Gasteiger partial charge in [0.05, 0.1) is 0 Å². The molecule has 0 aliphatic carbocycles. The van der Waals surface area contributed by atoms with Crippen molar-refractivity contribution in [2.75, 3.05) is 0 Å². The summed E-state index contributed by atoms with van der Waals surface area (Å²) in [5.74, 6) is 0. The molecule has 0 spiro atoms. The van der Waals surface area contributed by atoms with E-state index in [9.17, 15) is 0 Å². The fourth-order valence-electron chi connectivity index (χ4n) is 1.75. The van der Waals surface area contributed by atoms with Crippen molar-refractivity contribution in [3.05, 3.63) is 58.6 Å². The topological polar surface area (TPSA) is 0 Å². The van der Waals surface area contributed by atoms with Crippen LogP contribution in [0.5, 0.6) is 0 Å². The van der Waals surface area contributed by atoms with E-state index >= 15 is 0 Å². The van der Waals surface area contributed by atoms with Gasteiger partial charge in [-0.25, -0.2) is 0 Å². The smallest absolute Gasteiger partial charge is 0.0178 e. The van der Waals surface area contributed by atoms with Crippen molar-refractivity contribution in [3.8, 4) is 11.1 Å². The first-order valence-corrected chi connectivity index (χ1v) is 5.94. The van der Waals surface area contributed by atoms with Crippen LogP contribution >= 0.6 is 15.9 Å². The van der Waals surface area contributed by atoms with Gasteiger partial charge in [-0.05, 0) is 35.2 Å². The van der Waals surface area contributed by atoms with Crippen molar-refractivity contribution in [1.82, 2.24) is 0 Å². The Morgan fingerprint density at radius 1 is 1.00 bits per heavy atom. The number of hydrogen-bond donors (Lipinski definition) is 0. The van der Waals surface area contributed by atoms with Crippen molar-refractivity contribution in [2.45, 2.75) is 13.3 Å². The predicted octanol–water partition coefficient (Wildman–Crippen LogP) is 4.68. The highest BCUT2D eigenvalue weighted by Crippen LogP contribution is 2.26. The molecular weight excluding hydrogens is 248 g/mol. The molecule has 76 valence electrons. The highest BCUT2D eigenvalue weighted by atomic mass is 79.9. The van der Waals surface area contributed by atoms with E-state index < -0.39 is 0 Å². The maximum atomic E-state index is 3.51. The van der Waals surface area contributed by atoms with Crippen molar-refractivity contribution in [2.24, 2.45) is 0 Å². The minimum Gasteiger partial charge on any atom is -0.0622 e. The monoisotopic (exact) mass is 260 g/mol. The third-order valence-corrected chi connectivity index (χ3v) is 3.03. The van der Waals surface area contributed by atoms with E-state index in [4.69, 9.17) is 0 Å². The summed E-state index contributed by atoms with van der Waals surface area (Å²) in [5, 5.41) is 0. The predicted molar refractivity (Wildman–Crippen MR) is 69.0 cm³/mol. The lowest BCUT2D eigenvalue weighted by atomic mass is 9.98. The minimum absolute atomic E-state index is 1.06. The van der Waals surface area contributed by atoms with Crippen LogP contribution in [0.1, 0.15) is 12.5 Å². The zero-order valence-corrected chi connectivity index (χ0v) is 10.3. The van der Waals surface area contributed by atoms with Crippen LogP contribution in [-0.2, 0) is 6.42 Å². The average molecular weight is 261 g/mol. The largest absolute Gasteiger partial charge is 0.0622 e. The summed E-state index contributed by atoms with van der Waals surface area (Å²) in [5.41, 5.74) is 4.01. The van der Waals surface area contributed by atoms with Crippen molar-refractivity contribution < 1.29 is 0 Å². The van der Waals surface area contributed by atoms with Gasteiger partial charge < -0.3 is 0 Å². The molecule has 0 aliphatic rings. The zero-order chi connectivity index (χ0) is 10.7. The van der Waals surface area contributed by atoms with Crippen molar-refractivity contribution in [1.29, 1.82) is 0 Å². The quantitative estimate of drug-likeness (QED) is 0.736. The maximum absolute atomic E-state index is 3.51. The maximum Gasteiger partial charge on any atom is 0.0178 e. The number of hydrogen-bond acceptors (Lipinski definition) is 0. The summed E-state index contributed by atoms with van der Waals surface area (Å²) in [6.45, 7) is 2.19. The number of benzene rings is 2. The molecule has 0 atom stereocenters. The SMILES string of the molecule is CCc1cc(Br)ccc1-c1ccccc1. The second kappa shape index (κ2) is 4.63. The van der Waals surface area contributed by atoms with Gasteiger partial charge in [-0.3, -0.25) is 0 Å². The molecule has 0 heterocycles. The summed E-state index contributed by atoms with van der Waals surface area (Å²) in [6.07, 6.45) is 1.06. The Kier molecular flexibility index (Phi) is 3.22. The Labute approximate surface area is 99.1 Å². The van der Waals surface area contributed by atoms with Crippen LogP contribution in [0.25, 0.3) is 11.1 Å². The molecule has 2 rings (SSSR count). The van der Waals surface area contributed by atoms with E-state index in [0.717, 1.165) is 10.9 Å². The summed E-state index contributed by atoms with van der Waals surface area (Å²) in [6, 6.07) is 17.0. The zero-order valence-electron chi connectivity index (χ0n) is 8.70. The molecule has 0 nitrogen and oxygen atoms in total. The van der Waals surface area contributed by atoms with Crippen LogP contribution in [0, 0.1) is 0 Å². The minimum atomic E-state index is 1.06. The van der Waals surface area contributed by atoms with E-state index in [1.165, 1.54) is 16.7 Å². The van der Waals surface area contributed by atoms with Gasteiger partial charge in [-0.1, -0.05) is 59.3 Å². The van der Waals surface area contributed by atoms with E-state index in [-0.39, 0.29) is 0 Å². The van der Waals surface area contributed by atoms with Crippen LogP contribution in [0.3, 0.4) is 0 Å². The molecule has 2 aromatic carbocycles. The van der Waals surface area contributed by atoms with Gasteiger partial charge in [0.1, 0.15) is 0 Å². The van der Waals surface area contributed by atoms with E-state index in [0.29, 0.717) is 0 Å². The Morgan fingerprint density at radius 2 is 1.73 bits per heavy atom. The van der Waals surface area contributed by atoms with Gasteiger partial charge in [0.2, 0.25) is 0 Å². The third kappa shape index (κ3) is 2.29. The first kappa shape index (κ1) is 10.4. The van der Waals surface area contributed by atoms with Crippen LogP contribution in [0.15, 0.2) is 53.0 Å². The number of halogens is 1. The van der Waals surface area contributed by atoms with Crippen LogP contribution in [0.2, 0.25) is 0 Å². The second-order valence-electron chi connectivity index (χ2n) is 3.52. The van der Waals surface area contributed by atoms with Gasteiger partial charge in [-0.2, -0.15) is 0 Å². The molecular formula is C14H13Br. The molecule has 0 unspecified atom stereocenters. The molecule has 0 radical (unpaired) electrons. The lowest BCUT2D eigenvalue weighted by molar-refractivity contribution is 1.14. The van der Waals surface area contributed by atoms with E-state index in [1.807, 2.05) is 6.07 Å². The molecule has 1 heteroatoms. The molecule has 0 bridgehead atoms. The number of rotatable bonds is 2. The lowest BCUT2D eigenvalue weighted by Gasteiger charge is -2.08. The van der Waals surface area contributed by atoms with Gasteiger partial charge >= 0.3 is 0 Å².